The van der Waals surface area contributed by atoms with Crippen LogP contribution < -0.4 is 5.56 Å². The molecular weight excluding hydrogens is 226 g/mol. The third-order valence-corrected chi connectivity index (χ3v) is 3.55. The maximum Gasteiger partial charge on any atom is 0.263 e. The summed E-state index contributed by atoms with van der Waals surface area (Å²) >= 11 is 0. The average molecular weight is 236 g/mol. The highest BCUT2D eigenvalue weighted by molar-refractivity contribution is 8.13. The fourth-order valence-electron chi connectivity index (χ4n) is 1.19. The number of nitrogens with zero attached hydrogens (tertiary/aromatic N) is 1. The van der Waals surface area contributed by atoms with Crippen molar-refractivity contribution >= 4 is 19.7 Å². The molecule has 0 aliphatic rings. The third-order valence-electron chi connectivity index (χ3n) is 2.11. The number of halogens is 1. The van der Waals surface area contributed by atoms with E-state index in [1.54, 1.807) is 6.92 Å². The molecule has 78 valence electrons. The summed E-state index contributed by atoms with van der Waals surface area (Å²) in [6.07, 6.45) is 0. The highest BCUT2D eigenvalue weighted by atomic mass is 35.7. The molecule has 1 aromatic heterocycles. The van der Waals surface area contributed by atoms with Crippen LogP contribution in [0.1, 0.15) is 11.3 Å². The van der Waals surface area contributed by atoms with Crippen molar-refractivity contribution in [3.05, 3.63) is 27.7 Å². The van der Waals surface area contributed by atoms with Crippen molar-refractivity contribution in [2.24, 2.45) is 7.05 Å². The molecule has 0 aliphatic carbocycles. The molecule has 0 unspecified atom stereocenters. The van der Waals surface area contributed by atoms with E-state index in [4.69, 9.17) is 10.7 Å². The summed E-state index contributed by atoms with van der Waals surface area (Å²) in [5, 5.41) is 0. The summed E-state index contributed by atoms with van der Waals surface area (Å²) in [6.45, 7) is 3.09. The lowest BCUT2D eigenvalue weighted by Gasteiger charge is -2.08. The summed E-state index contributed by atoms with van der Waals surface area (Å²) in [7, 11) is 2.94. The normalized spacial score (nSPS) is 11.7. The zero-order valence-corrected chi connectivity index (χ0v) is 9.61. The molecule has 14 heavy (non-hydrogen) atoms. The Morgan fingerprint density at radius 1 is 1.36 bits per heavy atom. The van der Waals surface area contributed by atoms with Gasteiger partial charge in [-0.15, -0.1) is 0 Å². The van der Waals surface area contributed by atoms with E-state index in [1.165, 1.54) is 24.6 Å². The second-order valence-electron chi connectivity index (χ2n) is 3.08. The number of hydrogen-bond donors (Lipinski definition) is 0. The Kier molecular flexibility index (Phi) is 2.74. The highest BCUT2D eigenvalue weighted by Crippen LogP contribution is 2.18. The van der Waals surface area contributed by atoms with Gasteiger partial charge in [0.15, 0.2) is 0 Å². The van der Waals surface area contributed by atoms with E-state index in [0.717, 1.165) is 0 Å². The maximum absolute atomic E-state index is 11.4. The lowest BCUT2D eigenvalue weighted by Crippen LogP contribution is -2.23. The lowest BCUT2D eigenvalue weighted by atomic mass is 10.2. The first-order chi connectivity index (χ1) is 6.25. The first kappa shape index (κ1) is 11.3. The van der Waals surface area contributed by atoms with Gasteiger partial charge in [-0.3, -0.25) is 4.79 Å². The first-order valence-electron chi connectivity index (χ1n) is 3.87. The van der Waals surface area contributed by atoms with Crippen LogP contribution in [0.25, 0.3) is 0 Å². The van der Waals surface area contributed by atoms with Gasteiger partial charge in [0.2, 0.25) is 0 Å². The summed E-state index contributed by atoms with van der Waals surface area (Å²) < 4.78 is 23.5. The van der Waals surface area contributed by atoms with Crippen LogP contribution in [0.3, 0.4) is 0 Å². The highest BCUT2D eigenvalue weighted by Gasteiger charge is 2.16. The predicted molar refractivity (Wildman–Crippen MR) is 54.2 cm³/mol. The third kappa shape index (κ3) is 1.83. The van der Waals surface area contributed by atoms with Crippen LogP contribution in [0, 0.1) is 13.8 Å². The fraction of sp³-hybridized carbons (Fsp3) is 0.375. The van der Waals surface area contributed by atoms with Gasteiger partial charge >= 0.3 is 0 Å². The van der Waals surface area contributed by atoms with Gasteiger partial charge in [0.05, 0.1) is 0 Å². The zero-order valence-electron chi connectivity index (χ0n) is 8.04. The molecule has 0 aliphatic heterocycles. The van der Waals surface area contributed by atoms with Gasteiger partial charge in [0.25, 0.3) is 14.6 Å². The van der Waals surface area contributed by atoms with Gasteiger partial charge in [-0.2, -0.15) is 0 Å². The predicted octanol–water partition coefficient (Wildman–Crippen LogP) is 0.930. The molecule has 4 nitrogen and oxygen atoms in total. The van der Waals surface area contributed by atoms with Gasteiger partial charge in [-0.1, -0.05) is 0 Å². The Balaban J connectivity index is 3.75. The molecule has 0 atom stereocenters. The van der Waals surface area contributed by atoms with E-state index in [1.807, 2.05) is 0 Å². The van der Waals surface area contributed by atoms with Crippen molar-refractivity contribution in [1.29, 1.82) is 0 Å². The smallest absolute Gasteiger partial charge is 0.263 e. The van der Waals surface area contributed by atoms with Crippen molar-refractivity contribution in [3.8, 4) is 0 Å². The molecule has 1 aromatic rings. The minimum absolute atomic E-state index is 0.0150. The quantitative estimate of drug-likeness (QED) is 0.681. The monoisotopic (exact) mass is 235 g/mol. The molecule has 0 aromatic carbocycles. The van der Waals surface area contributed by atoms with Crippen molar-refractivity contribution in [1.82, 2.24) is 4.57 Å². The second-order valence-corrected chi connectivity index (χ2v) is 5.61. The van der Waals surface area contributed by atoms with Crippen LogP contribution in [-0.2, 0) is 16.1 Å². The summed E-state index contributed by atoms with van der Waals surface area (Å²) in [5.41, 5.74) is 0.486. The summed E-state index contributed by atoms with van der Waals surface area (Å²) in [6, 6.07) is 1.29. The van der Waals surface area contributed by atoms with Crippen LogP contribution in [-0.4, -0.2) is 13.0 Å². The summed E-state index contributed by atoms with van der Waals surface area (Å²) in [5.74, 6) is 0. The van der Waals surface area contributed by atoms with Crippen LogP contribution in [0.2, 0.25) is 0 Å². The van der Waals surface area contributed by atoms with Gasteiger partial charge in [0, 0.05) is 29.0 Å². The Morgan fingerprint density at radius 2 is 1.86 bits per heavy atom. The maximum atomic E-state index is 11.4. The molecule has 1 rings (SSSR count). The number of rotatable bonds is 1. The SMILES string of the molecule is Cc1cc(S(=O)(=O)Cl)c(C)n(C)c1=O. The number of aromatic nitrogens is 1. The number of aryl methyl sites for hydroxylation is 1. The molecule has 6 heteroatoms. The van der Waals surface area contributed by atoms with Crippen molar-refractivity contribution < 1.29 is 8.42 Å². The van der Waals surface area contributed by atoms with Gasteiger partial charge in [-0.25, -0.2) is 8.42 Å². The van der Waals surface area contributed by atoms with Gasteiger partial charge in [-0.05, 0) is 19.9 Å². The van der Waals surface area contributed by atoms with E-state index < -0.39 is 9.05 Å². The Bertz CT molecular complexity index is 530. The first-order valence-corrected chi connectivity index (χ1v) is 6.18. The molecule has 0 radical (unpaired) electrons. The molecule has 0 N–H and O–H groups in total. The largest absolute Gasteiger partial charge is 0.314 e. The van der Waals surface area contributed by atoms with Crippen LogP contribution >= 0.6 is 10.7 Å². The van der Waals surface area contributed by atoms with Crippen LogP contribution in [0.15, 0.2) is 15.8 Å². The fourth-order valence-corrected chi connectivity index (χ4v) is 2.47. The molecular formula is C8H10ClNO3S. The van der Waals surface area contributed by atoms with E-state index in [-0.39, 0.29) is 10.5 Å². The number of hydrogen-bond acceptors (Lipinski definition) is 3. The van der Waals surface area contributed by atoms with E-state index in [0.29, 0.717) is 11.3 Å². The topological polar surface area (TPSA) is 56.1 Å². The average Bonchev–Trinajstić information content (AvgIpc) is 2.06. The van der Waals surface area contributed by atoms with Crippen molar-refractivity contribution in [2.45, 2.75) is 18.7 Å². The van der Waals surface area contributed by atoms with Crippen LogP contribution in [0.4, 0.5) is 0 Å². The zero-order chi connectivity index (χ0) is 11.1. The summed E-state index contributed by atoms with van der Waals surface area (Å²) in [4.78, 5) is 11.4. The van der Waals surface area contributed by atoms with E-state index in [2.05, 4.69) is 0 Å². The minimum Gasteiger partial charge on any atom is -0.314 e. The Morgan fingerprint density at radius 3 is 2.29 bits per heavy atom. The molecule has 0 saturated heterocycles. The Labute approximate surface area is 86.5 Å². The lowest BCUT2D eigenvalue weighted by molar-refractivity contribution is 0.606. The molecule has 0 fully saturated rings. The molecule has 0 spiro atoms. The Hall–Kier alpha value is -0.810. The van der Waals surface area contributed by atoms with E-state index in [9.17, 15) is 13.2 Å². The molecule has 0 amide bonds. The minimum atomic E-state index is -3.78. The van der Waals surface area contributed by atoms with Gasteiger partial charge < -0.3 is 4.57 Å². The second kappa shape index (κ2) is 3.40. The molecule has 1 heterocycles. The molecule has 0 saturated carbocycles. The van der Waals surface area contributed by atoms with E-state index >= 15 is 0 Å². The van der Waals surface area contributed by atoms with Crippen molar-refractivity contribution in [2.75, 3.05) is 0 Å². The molecule has 0 bridgehead atoms. The van der Waals surface area contributed by atoms with Crippen molar-refractivity contribution in [3.63, 3.8) is 0 Å². The van der Waals surface area contributed by atoms with Gasteiger partial charge in [0.1, 0.15) is 4.90 Å². The standard InChI is InChI=1S/C8H10ClNO3S/c1-5-4-7(14(9,12)13)6(2)10(3)8(5)11/h4H,1-3H3. The van der Waals surface area contributed by atoms with Crippen LogP contribution in [0.5, 0.6) is 0 Å². The number of pyridine rings is 1.